The summed E-state index contributed by atoms with van der Waals surface area (Å²) in [4.78, 5) is 11.5. The van der Waals surface area contributed by atoms with Gasteiger partial charge in [0.25, 0.3) is 0 Å². The predicted octanol–water partition coefficient (Wildman–Crippen LogP) is 0.433. The number of sulfonamides is 1. The fourth-order valence-electron chi connectivity index (χ4n) is 2.17. The number of aryl methyl sites for hydroxylation is 1. The lowest BCUT2D eigenvalue weighted by Crippen LogP contribution is -2.49. The van der Waals surface area contributed by atoms with Crippen molar-refractivity contribution in [2.75, 3.05) is 32.6 Å². The molecule has 1 atom stereocenters. The molecule has 1 aliphatic rings. The Kier molecular flexibility index (Phi) is 5.33. The van der Waals surface area contributed by atoms with Crippen molar-refractivity contribution in [1.29, 1.82) is 0 Å². The highest BCUT2D eigenvalue weighted by atomic mass is 32.2. The van der Waals surface area contributed by atoms with Crippen molar-refractivity contribution >= 4 is 16.0 Å². The Morgan fingerprint density at radius 2 is 2.10 bits per heavy atom. The van der Waals surface area contributed by atoms with Crippen molar-refractivity contribution in [3.8, 4) is 0 Å². The van der Waals surface area contributed by atoms with Crippen LogP contribution in [0, 0.1) is 0 Å². The number of methoxy groups -OCH3 is 1. The normalized spacial score (nSPS) is 20.1. The van der Waals surface area contributed by atoms with E-state index in [1.54, 1.807) is 0 Å². The van der Waals surface area contributed by atoms with Gasteiger partial charge in [0.2, 0.25) is 10.0 Å². The Hall–Kier alpha value is -1.44. The molecule has 1 aliphatic heterocycles. The van der Waals surface area contributed by atoms with Crippen LogP contribution in [0.3, 0.4) is 0 Å². The van der Waals surface area contributed by atoms with Crippen molar-refractivity contribution in [3.63, 3.8) is 0 Å². The summed E-state index contributed by atoms with van der Waals surface area (Å²) >= 11 is 0. The number of rotatable bonds is 5. The molecule has 1 unspecified atom stereocenters. The van der Waals surface area contributed by atoms with Crippen LogP contribution in [0.4, 0.5) is 0 Å². The van der Waals surface area contributed by atoms with Crippen LogP contribution in [-0.4, -0.2) is 57.4 Å². The van der Waals surface area contributed by atoms with Crippen molar-refractivity contribution in [3.05, 3.63) is 35.9 Å². The first-order valence-electron chi connectivity index (χ1n) is 6.74. The van der Waals surface area contributed by atoms with Crippen molar-refractivity contribution < 1.29 is 22.7 Å². The molecule has 0 spiro atoms. The first kappa shape index (κ1) is 15.9. The Labute approximate surface area is 124 Å². The first-order valence-corrected chi connectivity index (χ1v) is 8.35. The van der Waals surface area contributed by atoms with Gasteiger partial charge < -0.3 is 9.47 Å². The monoisotopic (exact) mass is 313 g/mol. The predicted molar refractivity (Wildman–Crippen MR) is 77.3 cm³/mol. The van der Waals surface area contributed by atoms with Gasteiger partial charge in [-0.3, -0.25) is 0 Å². The maximum Gasteiger partial charge on any atom is 0.336 e. The highest BCUT2D eigenvalue weighted by molar-refractivity contribution is 7.89. The number of esters is 1. The van der Waals surface area contributed by atoms with Crippen LogP contribution in [0.2, 0.25) is 0 Å². The standard InChI is InChI=1S/C14H19NO5S/c1-19-14(16)13-11-15(8-9-20-13)21(17,18)10-7-12-5-3-2-4-6-12/h2-6,13H,7-11H2,1H3. The van der Waals surface area contributed by atoms with Crippen LogP contribution in [0.25, 0.3) is 0 Å². The zero-order chi connectivity index (χ0) is 15.3. The molecular weight excluding hydrogens is 294 g/mol. The first-order chi connectivity index (χ1) is 10.0. The van der Waals surface area contributed by atoms with Gasteiger partial charge in [-0.05, 0) is 12.0 Å². The van der Waals surface area contributed by atoms with Crippen molar-refractivity contribution in [2.24, 2.45) is 0 Å². The Morgan fingerprint density at radius 3 is 2.76 bits per heavy atom. The minimum atomic E-state index is -3.41. The Morgan fingerprint density at radius 1 is 1.38 bits per heavy atom. The topological polar surface area (TPSA) is 72.9 Å². The van der Waals surface area contributed by atoms with E-state index in [4.69, 9.17) is 4.74 Å². The lowest BCUT2D eigenvalue weighted by molar-refractivity contribution is -0.157. The molecule has 1 heterocycles. The SMILES string of the molecule is COC(=O)C1CN(S(=O)(=O)CCc2ccccc2)CCO1. The highest BCUT2D eigenvalue weighted by Gasteiger charge is 2.33. The van der Waals surface area contributed by atoms with Crippen LogP contribution in [0.1, 0.15) is 5.56 Å². The summed E-state index contributed by atoms with van der Waals surface area (Å²) < 4.78 is 35.8. The number of nitrogens with zero attached hydrogens (tertiary/aromatic N) is 1. The van der Waals surface area contributed by atoms with E-state index < -0.39 is 22.1 Å². The second-order valence-electron chi connectivity index (χ2n) is 4.79. The van der Waals surface area contributed by atoms with Gasteiger partial charge >= 0.3 is 5.97 Å². The highest BCUT2D eigenvalue weighted by Crippen LogP contribution is 2.13. The molecule has 0 N–H and O–H groups in total. The Bertz CT molecular complexity index is 572. The summed E-state index contributed by atoms with van der Waals surface area (Å²) in [5.41, 5.74) is 0.971. The summed E-state index contributed by atoms with van der Waals surface area (Å²) in [7, 11) is -2.15. The molecule has 116 valence electrons. The second-order valence-corrected chi connectivity index (χ2v) is 6.88. The van der Waals surface area contributed by atoms with Gasteiger partial charge in [0, 0.05) is 6.54 Å². The van der Waals surface area contributed by atoms with E-state index in [0.717, 1.165) is 5.56 Å². The van der Waals surface area contributed by atoms with E-state index in [1.165, 1.54) is 11.4 Å². The molecular formula is C14H19NO5S. The van der Waals surface area contributed by atoms with Gasteiger partial charge in [0.15, 0.2) is 6.10 Å². The molecule has 1 aromatic rings. The van der Waals surface area contributed by atoms with Gasteiger partial charge in [0.1, 0.15) is 0 Å². The molecule has 1 saturated heterocycles. The van der Waals surface area contributed by atoms with Gasteiger partial charge in [-0.15, -0.1) is 0 Å². The average Bonchev–Trinajstić information content (AvgIpc) is 2.53. The maximum absolute atomic E-state index is 12.3. The number of carbonyl (C=O) groups is 1. The summed E-state index contributed by atoms with van der Waals surface area (Å²) in [5, 5.41) is 0. The zero-order valence-electron chi connectivity index (χ0n) is 11.9. The molecule has 1 aromatic carbocycles. The molecule has 0 aliphatic carbocycles. The number of ether oxygens (including phenoxy) is 2. The quantitative estimate of drug-likeness (QED) is 0.737. The summed E-state index contributed by atoms with van der Waals surface area (Å²) in [6.45, 7) is 0.485. The van der Waals surface area contributed by atoms with Crippen LogP contribution in [0.5, 0.6) is 0 Å². The molecule has 1 fully saturated rings. The van der Waals surface area contributed by atoms with Crippen LogP contribution in [-0.2, 0) is 30.7 Å². The van der Waals surface area contributed by atoms with E-state index in [-0.39, 0.29) is 25.4 Å². The average molecular weight is 313 g/mol. The molecule has 7 heteroatoms. The summed E-state index contributed by atoms with van der Waals surface area (Å²) in [5.74, 6) is -0.525. The molecule has 6 nitrogen and oxygen atoms in total. The number of morpholine rings is 1. The minimum Gasteiger partial charge on any atom is -0.467 e. The van der Waals surface area contributed by atoms with E-state index in [9.17, 15) is 13.2 Å². The van der Waals surface area contributed by atoms with Crippen LogP contribution >= 0.6 is 0 Å². The van der Waals surface area contributed by atoms with Gasteiger partial charge in [0.05, 0.1) is 26.0 Å². The van der Waals surface area contributed by atoms with Gasteiger partial charge in [-0.2, -0.15) is 4.31 Å². The van der Waals surface area contributed by atoms with Crippen LogP contribution in [0.15, 0.2) is 30.3 Å². The lowest BCUT2D eigenvalue weighted by atomic mass is 10.2. The van der Waals surface area contributed by atoms with Crippen molar-refractivity contribution in [1.82, 2.24) is 4.31 Å². The third-order valence-corrected chi connectivity index (χ3v) is 5.22. The van der Waals surface area contributed by atoms with E-state index in [2.05, 4.69) is 4.74 Å². The molecule has 0 saturated carbocycles. The number of benzene rings is 1. The largest absolute Gasteiger partial charge is 0.467 e. The summed E-state index contributed by atoms with van der Waals surface area (Å²) in [6.07, 6.45) is -0.390. The van der Waals surface area contributed by atoms with E-state index in [0.29, 0.717) is 6.42 Å². The van der Waals surface area contributed by atoms with E-state index >= 15 is 0 Å². The Balaban J connectivity index is 1.97. The van der Waals surface area contributed by atoms with Gasteiger partial charge in [-0.1, -0.05) is 30.3 Å². The maximum atomic E-state index is 12.3. The van der Waals surface area contributed by atoms with Crippen molar-refractivity contribution in [2.45, 2.75) is 12.5 Å². The molecule has 2 rings (SSSR count). The minimum absolute atomic E-state index is 0.0177. The summed E-state index contributed by atoms with van der Waals surface area (Å²) in [6, 6.07) is 9.44. The molecule has 0 radical (unpaired) electrons. The number of hydrogen-bond donors (Lipinski definition) is 0. The van der Waals surface area contributed by atoms with Crippen LogP contribution < -0.4 is 0 Å². The molecule has 21 heavy (non-hydrogen) atoms. The fourth-order valence-corrected chi connectivity index (χ4v) is 3.64. The zero-order valence-corrected chi connectivity index (χ0v) is 12.7. The van der Waals surface area contributed by atoms with Gasteiger partial charge in [-0.25, -0.2) is 13.2 Å². The number of carbonyl (C=O) groups excluding carboxylic acids is 1. The molecule has 0 bridgehead atoms. The van der Waals surface area contributed by atoms with E-state index in [1.807, 2.05) is 30.3 Å². The fraction of sp³-hybridized carbons (Fsp3) is 0.500. The number of hydrogen-bond acceptors (Lipinski definition) is 5. The second kappa shape index (κ2) is 7.02. The molecule has 0 amide bonds. The lowest BCUT2D eigenvalue weighted by Gasteiger charge is -2.30. The third kappa shape index (κ3) is 4.26. The molecule has 0 aromatic heterocycles. The smallest absolute Gasteiger partial charge is 0.336 e. The third-order valence-electron chi connectivity index (χ3n) is 3.38.